The third-order valence-corrected chi connectivity index (χ3v) is 1.78. The Morgan fingerprint density at radius 1 is 1.07 bits per heavy atom. The molecule has 2 rings (SSSR count). The lowest BCUT2D eigenvalue weighted by molar-refractivity contribution is 1.16. The zero-order valence-corrected chi connectivity index (χ0v) is 7.94. The maximum absolute atomic E-state index is 5.70. The van der Waals surface area contributed by atoms with E-state index in [1.807, 2.05) is 0 Å². The molecule has 14 heavy (non-hydrogen) atoms. The molecule has 2 aromatic heterocycles. The zero-order chi connectivity index (χ0) is 9.80. The van der Waals surface area contributed by atoms with Crippen molar-refractivity contribution < 1.29 is 0 Å². The Balaban J connectivity index is 2.16. The van der Waals surface area contributed by atoms with E-state index in [9.17, 15) is 0 Å². The molecule has 0 aliphatic rings. The van der Waals surface area contributed by atoms with Gasteiger partial charge in [-0.05, 0) is 12.1 Å². The Kier molecular flexibility index (Phi) is 2.55. The van der Waals surface area contributed by atoms with Gasteiger partial charge in [-0.2, -0.15) is 0 Å². The van der Waals surface area contributed by atoms with E-state index in [0.29, 0.717) is 10.8 Å². The zero-order valence-electron chi connectivity index (χ0n) is 7.18. The number of rotatable bonds is 2. The standard InChI is InChI=1S/C9H7ClN4/c10-7-1-2-9(13-3-7)14-8-4-11-6-12-5-8/h1-6H,(H,13,14). The number of hydrogen-bond donors (Lipinski definition) is 1. The van der Waals surface area contributed by atoms with Gasteiger partial charge in [0.1, 0.15) is 12.1 Å². The number of nitrogens with zero attached hydrogens (tertiary/aromatic N) is 3. The first-order valence-electron chi connectivity index (χ1n) is 3.98. The van der Waals surface area contributed by atoms with E-state index in [0.717, 1.165) is 5.69 Å². The van der Waals surface area contributed by atoms with Gasteiger partial charge in [0, 0.05) is 6.20 Å². The van der Waals surface area contributed by atoms with Crippen molar-refractivity contribution >= 4 is 23.1 Å². The van der Waals surface area contributed by atoms with Gasteiger partial charge in [0.15, 0.2) is 0 Å². The molecule has 0 spiro atoms. The van der Waals surface area contributed by atoms with Crippen LogP contribution in [0.4, 0.5) is 11.5 Å². The Hall–Kier alpha value is -1.68. The highest BCUT2D eigenvalue weighted by Gasteiger charge is 1.95. The minimum atomic E-state index is 0.611. The summed E-state index contributed by atoms with van der Waals surface area (Å²) >= 11 is 5.70. The van der Waals surface area contributed by atoms with Crippen LogP contribution in [0.3, 0.4) is 0 Å². The van der Waals surface area contributed by atoms with Gasteiger partial charge in [0.05, 0.1) is 23.1 Å². The van der Waals surface area contributed by atoms with Crippen molar-refractivity contribution in [3.8, 4) is 0 Å². The van der Waals surface area contributed by atoms with Crippen LogP contribution in [0.15, 0.2) is 37.1 Å². The molecule has 0 saturated carbocycles. The van der Waals surface area contributed by atoms with Crippen LogP contribution in [0.5, 0.6) is 0 Å². The number of hydrogen-bond acceptors (Lipinski definition) is 4. The van der Waals surface area contributed by atoms with Crippen LogP contribution in [0.25, 0.3) is 0 Å². The highest BCUT2D eigenvalue weighted by Crippen LogP contribution is 2.13. The number of nitrogens with one attached hydrogen (secondary N) is 1. The third-order valence-electron chi connectivity index (χ3n) is 1.56. The fraction of sp³-hybridized carbons (Fsp3) is 0. The summed E-state index contributed by atoms with van der Waals surface area (Å²) in [4.78, 5) is 11.8. The molecule has 0 aromatic carbocycles. The molecule has 2 aromatic rings. The Morgan fingerprint density at radius 3 is 2.50 bits per heavy atom. The van der Waals surface area contributed by atoms with Gasteiger partial charge < -0.3 is 5.32 Å². The van der Waals surface area contributed by atoms with E-state index in [4.69, 9.17) is 11.6 Å². The minimum absolute atomic E-state index is 0.611. The van der Waals surface area contributed by atoms with E-state index in [-0.39, 0.29) is 0 Å². The largest absolute Gasteiger partial charge is 0.338 e. The monoisotopic (exact) mass is 206 g/mol. The summed E-state index contributed by atoms with van der Waals surface area (Å²) < 4.78 is 0. The van der Waals surface area contributed by atoms with Crippen molar-refractivity contribution in [2.45, 2.75) is 0 Å². The third kappa shape index (κ3) is 2.17. The summed E-state index contributed by atoms with van der Waals surface area (Å²) in [5, 5.41) is 3.65. The summed E-state index contributed by atoms with van der Waals surface area (Å²) in [6.07, 6.45) is 6.39. The smallest absolute Gasteiger partial charge is 0.130 e. The molecule has 5 heteroatoms. The van der Waals surface area contributed by atoms with Gasteiger partial charge in [0.2, 0.25) is 0 Å². The number of pyridine rings is 1. The van der Waals surface area contributed by atoms with Gasteiger partial charge >= 0.3 is 0 Å². The first-order valence-corrected chi connectivity index (χ1v) is 4.36. The van der Waals surface area contributed by atoms with Crippen molar-refractivity contribution in [3.05, 3.63) is 42.1 Å². The molecule has 1 N–H and O–H groups in total. The van der Waals surface area contributed by atoms with Crippen LogP contribution < -0.4 is 5.32 Å². The van der Waals surface area contributed by atoms with E-state index < -0.39 is 0 Å². The van der Waals surface area contributed by atoms with Crippen LogP contribution in [0.2, 0.25) is 5.02 Å². The van der Waals surface area contributed by atoms with E-state index in [1.54, 1.807) is 30.7 Å². The van der Waals surface area contributed by atoms with Crippen molar-refractivity contribution in [1.29, 1.82) is 0 Å². The summed E-state index contributed by atoms with van der Waals surface area (Å²) in [6.45, 7) is 0. The molecule has 0 amide bonds. The molecule has 0 bridgehead atoms. The topological polar surface area (TPSA) is 50.7 Å². The second kappa shape index (κ2) is 4.02. The van der Waals surface area contributed by atoms with E-state index >= 15 is 0 Å². The van der Waals surface area contributed by atoms with Crippen LogP contribution in [0, 0.1) is 0 Å². The maximum atomic E-state index is 5.70. The van der Waals surface area contributed by atoms with Crippen LogP contribution in [-0.2, 0) is 0 Å². The molecule has 2 heterocycles. The first kappa shape index (κ1) is 8.90. The summed E-state index contributed by atoms with van der Waals surface area (Å²) in [5.41, 5.74) is 0.794. The van der Waals surface area contributed by atoms with Gasteiger partial charge in [-0.15, -0.1) is 0 Å². The minimum Gasteiger partial charge on any atom is -0.338 e. The lowest BCUT2D eigenvalue weighted by Crippen LogP contribution is -1.93. The second-order valence-corrected chi connectivity index (χ2v) is 3.05. The average molecular weight is 207 g/mol. The average Bonchev–Trinajstić information content (AvgIpc) is 2.23. The quantitative estimate of drug-likeness (QED) is 0.819. The molecule has 0 aliphatic heterocycles. The normalized spacial score (nSPS) is 9.79. The number of aromatic nitrogens is 3. The van der Waals surface area contributed by atoms with Gasteiger partial charge in [-0.25, -0.2) is 15.0 Å². The van der Waals surface area contributed by atoms with Gasteiger partial charge in [-0.3, -0.25) is 0 Å². The predicted octanol–water partition coefficient (Wildman–Crippen LogP) is 2.27. The van der Waals surface area contributed by atoms with Gasteiger partial charge in [0.25, 0.3) is 0 Å². The highest BCUT2D eigenvalue weighted by molar-refractivity contribution is 6.30. The lowest BCUT2D eigenvalue weighted by Gasteiger charge is -2.03. The summed E-state index contributed by atoms with van der Waals surface area (Å²) in [5.74, 6) is 0.712. The van der Waals surface area contributed by atoms with E-state index in [1.165, 1.54) is 6.33 Å². The SMILES string of the molecule is Clc1ccc(Nc2cncnc2)nc1. The predicted molar refractivity (Wildman–Crippen MR) is 54.6 cm³/mol. The van der Waals surface area contributed by atoms with Crippen molar-refractivity contribution in [1.82, 2.24) is 15.0 Å². The van der Waals surface area contributed by atoms with Crippen molar-refractivity contribution in [3.63, 3.8) is 0 Å². The van der Waals surface area contributed by atoms with E-state index in [2.05, 4.69) is 20.3 Å². The number of anilines is 2. The Labute approximate surface area is 86.0 Å². The molecule has 70 valence electrons. The molecular formula is C9H7ClN4. The Morgan fingerprint density at radius 2 is 1.86 bits per heavy atom. The van der Waals surface area contributed by atoms with Crippen molar-refractivity contribution in [2.75, 3.05) is 5.32 Å². The molecule has 0 fully saturated rings. The molecule has 0 saturated heterocycles. The van der Waals surface area contributed by atoms with Crippen LogP contribution >= 0.6 is 11.6 Å². The molecule has 0 aliphatic carbocycles. The molecule has 0 radical (unpaired) electrons. The summed E-state index contributed by atoms with van der Waals surface area (Å²) in [6, 6.07) is 3.55. The first-order chi connectivity index (χ1) is 6.84. The molecular weight excluding hydrogens is 200 g/mol. The Bertz CT molecular complexity index is 401. The highest BCUT2D eigenvalue weighted by atomic mass is 35.5. The molecule has 0 unspecified atom stereocenters. The van der Waals surface area contributed by atoms with Crippen LogP contribution in [-0.4, -0.2) is 15.0 Å². The van der Waals surface area contributed by atoms with Gasteiger partial charge in [-0.1, -0.05) is 11.6 Å². The maximum Gasteiger partial charge on any atom is 0.130 e. The summed E-state index contributed by atoms with van der Waals surface area (Å²) in [7, 11) is 0. The van der Waals surface area contributed by atoms with Crippen LogP contribution in [0.1, 0.15) is 0 Å². The fourth-order valence-electron chi connectivity index (χ4n) is 0.961. The number of halogens is 1. The molecule has 0 atom stereocenters. The lowest BCUT2D eigenvalue weighted by atomic mass is 10.4. The molecule has 4 nitrogen and oxygen atoms in total. The second-order valence-electron chi connectivity index (χ2n) is 2.61. The van der Waals surface area contributed by atoms with Crippen molar-refractivity contribution in [2.24, 2.45) is 0 Å². The fourth-order valence-corrected chi connectivity index (χ4v) is 1.07.